The third-order valence-electron chi connectivity index (χ3n) is 3.67. The topological polar surface area (TPSA) is 26.0 Å². The summed E-state index contributed by atoms with van der Waals surface area (Å²) in [6, 6.07) is 10.7. The Hall–Kier alpha value is -0.0900. The Kier molecular flexibility index (Phi) is 4.25. The molecule has 0 unspecified atom stereocenters. The van der Waals surface area contributed by atoms with Gasteiger partial charge < -0.3 is 5.73 Å². The van der Waals surface area contributed by atoms with Gasteiger partial charge in [-0.3, -0.25) is 0 Å². The van der Waals surface area contributed by atoms with Crippen LogP contribution in [0.5, 0.6) is 0 Å². The van der Waals surface area contributed by atoms with Crippen LogP contribution in [-0.2, 0) is 6.42 Å². The van der Waals surface area contributed by atoms with E-state index in [1.54, 1.807) is 0 Å². The van der Waals surface area contributed by atoms with Gasteiger partial charge in [-0.25, -0.2) is 0 Å². The maximum Gasteiger partial charge on any atom is 0.0158 e. The fraction of sp³-hybridized carbons (Fsp3) is 0.571. The first kappa shape index (κ1) is 12.4. The summed E-state index contributed by atoms with van der Waals surface area (Å²) in [7, 11) is 0. The minimum absolute atomic E-state index is 0.109. The van der Waals surface area contributed by atoms with Crippen LogP contribution in [0.4, 0.5) is 0 Å². The first-order valence-corrected chi connectivity index (χ1v) is 7.39. The lowest BCUT2D eigenvalue weighted by Crippen LogP contribution is -2.43. The average molecular weight is 329 g/mol. The summed E-state index contributed by atoms with van der Waals surface area (Å²) in [5.41, 5.74) is 7.99. The second-order valence-electron chi connectivity index (χ2n) is 5.02. The molecule has 0 saturated heterocycles. The molecule has 1 aliphatic rings. The van der Waals surface area contributed by atoms with Crippen LogP contribution in [0.15, 0.2) is 30.3 Å². The summed E-state index contributed by atoms with van der Waals surface area (Å²) >= 11 is 2.56. The normalized spacial score (nSPS) is 30.2. The van der Waals surface area contributed by atoms with Crippen LogP contribution in [-0.4, -0.2) is 9.46 Å². The summed E-state index contributed by atoms with van der Waals surface area (Å²) in [6.07, 6.45) is 7.27. The molecule has 16 heavy (non-hydrogen) atoms. The van der Waals surface area contributed by atoms with Gasteiger partial charge in [0.25, 0.3) is 0 Å². The molecule has 1 fully saturated rings. The minimum Gasteiger partial charge on any atom is -0.325 e. The molecule has 1 aromatic carbocycles. The molecular formula is C14H20IN. The monoisotopic (exact) mass is 329 g/mol. The summed E-state index contributed by atoms with van der Waals surface area (Å²) in [4.78, 5) is 0. The van der Waals surface area contributed by atoms with Gasteiger partial charge in [-0.1, -0.05) is 52.9 Å². The van der Waals surface area contributed by atoms with E-state index < -0.39 is 0 Å². The van der Waals surface area contributed by atoms with Crippen molar-refractivity contribution in [3.63, 3.8) is 0 Å². The summed E-state index contributed by atoms with van der Waals surface area (Å²) < 4.78 is 0.853. The lowest BCUT2D eigenvalue weighted by molar-refractivity contribution is 0.287. The molecule has 0 amide bonds. The standard InChI is InChI=1S/C14H20IN/c15-13-7-10-14(16,11-8-13)9-6-12-4-2-1-3-5-12/h1-5,13H,6-11,16H2. The lowest BCUT2D eigenvalue weighted by atomic mass is 9.79. The van der Waals surface area contributed by atoms with E-state index >= 15 is 0 Å². The zero-order chi connectivity index (χ0) is 11.4. The molecule has 2 heteroatoms. The van der Waals surface area contributed by atoms with Crippen molar-refractivity contribution in [2.75, 3.05) is 0 Å². The number of halogens is 1. The van der Waals surface area contributed by atoms with Crippen LogP contribution in [0.3, 0.4) is 0 Å². The van der Waals surface area contributed by atoms with Crippen LogP contribution in [0.25, 0.3) is 0 Å². The van der Waals surface area contributed by atoms with E-state index in [2.05, 4.69) is 52.9 Å². The smallest absolute Gasteiger partial charge is 0.0158 e. The van der Waals surface area contributed by atoms with E-state index in [0.717, 1.165) is 16.8 Å². The van der Waals surface area contributed by atoms with Crippen molar-refractivity contribution in [3.05, 3.63) is 35.9 Å². The number of benzene rings is 1. The predicted molar refractivity (Wildman–Crippen MR) is 78.0 cm³/mol. The van der Waals surface area contributed by atoms with Gasteiger partial charge in [0.1, 0.15) is 0 Å². The first-order valence-electron chi connectivity index (χ1n) is 6.15. The largest absolute Gasteiger partial charge is 0.325 e. The highest BCUT2D eigenvalue weighted by Crippen LogP contribution is 2.33. The number of aryl methyl sites for hydroxylation is 1. The van der Waals surface area contributed by atoms with Gasteiger partial charge in [0.15, 0.2) is 0 Å². The van der Waals surface area contributed by atoms with E-state index in [0.29, 0.717) is 0 Å². The number of hydrogen-bond donors (Lipinski definition) is 1. The number of alkyl halides is 1. The van der Waals surface area contributed by atoms with Crippen LogP contribution >= 0.6 is 22.6 Å². The number of nitrogens with two attached hydrogens (primary N) is 1. The van der Waals surface area contributed by atoms with E-state index in [4.69, 9.17) is 5.73 Å². The third kappa shape index (κ3) is 3.45. The lowest BCUT2D eigenvalue weighted by Gasteiger charge is -2.35. The molecule has 0 aliphatic heterocycles. The molecule has 1 aromatic rings. The number of hydrogen-bond acceptors (Lipinski definition) is 1. The van der Waals surface area contributed by atoms with Crippen LogP contribution in [0.2, 0.25) is 0 Å². The fourth-order valence-electron chi connectivity index (χ4n) is 2.45. The zero-order valence-corrected chi connectivity index (χ0v) is 11.8. The second-order valence-corrected chi connectivity index (χ2v) is 6.78. The first-order chi connectivity index (χ1) is 7.68. The molecule has 0 bridgehead atoms. The van der Waals surface area contributed by atoms with E-state index in [9.17, 15) is 0 Å². The molecule has 2 rings (SSSR count). The van der Waals surface area contributed by atoms with E-state index in [-0.39, 0.29) is 5.54 Å². The van der Waals surface area contributed by atoms with Crippen LogP contribution < -0.4 is 5.73 Å². The number of rotatable bonds is 3. The fourth-order valence-corrected chi connectivity index (χ4v) is 3.07. The third-order valence-corrected chi connectivity index (χ3v) is 4.91. The van der Waals surface area contributed by atoms with Gasteiger partial charge in [0, 0.05) is 9.46 Å². The molecule has 0 atom stereocenters. The van der Waals surface area contributed by atoms with Crippen molar-refractivity contribution < 1.29 is 0 Å². The van der Waals surface area contributed by atoms with Crippen molar-refractivity contribution in [1.29, 1.82) is 0 Å². The Labute approximate surface area is 112 Å². The van der Waals surface area contributed by atoms with Crippen molar-refractivity contribution in [2.45, 2.75) is 48.0 Å². The second kappa shape index (κ2) is 5.50. The molecular weight excluding hydrogens is 309 g/mol. The molecule has 2 N–H and O–H groups in total. The predicted octanol–water partition coefficient (Wildman–Crippen LogP) is 3.69. The summed E-state index contributed by atoms with van der Waals surface area (Å²) in [5, 5.41) is 0. The minimum atomic E-state index is 0.109. The van der Waals surface area contributed by atoms with Gasteiger partial charge in [0.2, 0.25) is 0 Å². The van der Waals surface area contributed by atoms with Gasteiger partial charge in [-0.05, 0) is 44.1 Å². The zero-order valence-electron chi connectivity index (χ0n) is 9.66. The molecule has 88 valence electrons. The summed E-state index contributed by atoms with van der Waals surface area (Å²) in [6.45, 7) is 0. The van der Waals surface area contributed by atoms with Crippen LogP contribution in [0.1, 0.15) is 37.7 Å². The highest BCUT2D eigenvalue weighted by atomic mass is 127. The molecule has 0 spiro atoms. The Balaban J connectivity index is 1.85. The Bertz CT molecular complexity index is 315. The molecule has 0 aromatic heterocycles. The quantitative estimate of drug-likeness (QED) is 0.664. The Morgan fingerprint density at radius 3 is 2.44 bits per heavy atom. The molecule has 0 radical (unpaired) electrons. The average Bonchev–Trinajstić information content (AvgIpc) is 2.33. The highest BCUT2D eigenvalue weighted by Gasteiger charge is 2.30. The van der Waals surface area contributed by atoms with Gasteiger partial charge >= 0.3 is 0 Å². The molecule has 1 nitrogen and oxygen atoms in total. The Morgan fingerprint density at radius 1 is 1.19 bits per heavy atom. The molecule has 0 heterocycles. The summed E-state index contributed by atoms with van der Waals surface area (Å²) in [5.74, 6) is 0. The van der Waals surface area contributed by atoms with Crippen molar-refractivity contribution in [3.8, 4) is 0 Å². The van der Waals surface area contributed by atoms with Gasteiger partial charge in [-0.15, -0.1) is 0 Å². The van der Waals surface area contributed by atoms with E-state index in [1.165, 1.54) is 31.2 Å². The maximum absolute atomic E-state index is 6.47. The van der Waals surface area contributed by atoms with Crippen molar-refractivity contribution >= 4 is 22.6 Å². The van der Waals surface area contributed by atoms with Gasteiger partial charge in [-0.2, -0.15) is 0 Å². The van der Waals surface area contributed by atoms with E-state index in [1.807, 2.05) is 0 Å². The van der Waals surface area contributed by atoms with Crippen molar-refractivity contribution in [2.24, 2.45) is 5.73 Å². The maximum atomic E-state index is 6.47. The Morgan fingerprint density at radius 2 is 1.81 bits per heavy atom. The van der Waals surface area contributed by atoms with Crippen molar-refractivity contribution in [1.82, 2.24) is 0 Å². The van der Waals surface area contributed by atoms with Crippen LogP contribution in [0, 0.1) is 0 Å². The highest BCUT2D eigenvalue weighted by molar-refractivity contribution is 14.1. The molecule has 1 aliphatic carbocycles. The SMILES string of the molecule is NC1(CCc2ccccc2)CCC(I)CC1. The van der Waals surface area contributed by atoms with Gasteiger partial charge in [0.05, 0.1) is 0 Å². The molecule has 1 saturated carbocycles.